The third-order valence-electron chi connectivity index (χ3n) is 2.47. The van der Waals surface area contributed by atoms with Gasteiger partial charge in [0.05, 0.1) is 18.2 Å². The summed E-state index contributed by atoms with van der Waals surface area (Å²) < 4.78 is 5.55. The van der Waals surface area contributed by atoms with Crippen LogP contribution in [0.15, 0.2) is 12.7 Å². The van der Waals surface area contributed by atoms with E-state index in [9.17, 15) is 4.79 Å². The molecule has 1 aliphatic heterocycles. The molecule has 0 aromatic rings. The summed E-state index contributed by atoms with van der Waals surface area (Å²) in [5, 5.41) is 0. The van der Waals surface area contributed by atoms with Crippen molar-refractivity contribution in [2.24, 2.45) is 5.73 Å². The lowest BCUT2D eigenvalue weighted by molar-refractivity contribution is -0.144. The number of rotatable bonds is 3. The van der Waals surface area contributed by atoms with E-state index in [2.05, 4.69) is 6.58 Å². The minimum Gasteiger partial charge on any atom is -0.372 e. The Bertz CT molecular complexity index is 233. The van der Waals surface area contributed by atoms with Gasteiger partial charge in [0.2, 0.25) is 5.91 Å². The third-order valence-corrected chi connectivity index (χ3v) is 2.47. The molecule has 0 aromatic heterocycles. The molecule has 1 amide bonds. The van der Waals surface area contributed by atoms with Crippen molar-refractivity contribution < 1.29 is 9.53 Å². The second-order valence-corrected chi connectivity index (χ2v) is 4.13. The predicted molar refractivity (Wildman–Crippen MR) is 59.4 cm³/mol. The molecule has 3 unspecified atom stereocenters. The first kappa shape index (κ1) is 12.2. The fourth-order valence-electron chi connectivity index (χ4n) is 1.87. The lowest BCUT2D eigenvalue weighted by Crippen LogP contribution is -2.53. The Morgan fingerprint density at radius 1 is 1.60 bits per heavy atom. The van der Waals surface area contributed by atoms with Crippen molar-refractivity contribution in [2.45, 2.75) is 38.5 Å². The van der Waals surface area contributed by atoms with Crippen LogP contribution < -0.4 is 5.73 Å². The molecule has 1 fully saturated rings. The Morgan fingerprint density at radius 3 is 2.60 bits per heavy atom. The van der Waals surface area contributed by atoms with Crippen molar-refractivity contribution in [3.63, 3.8) is 0 Å². The number of nitrogens with zero attached hydrogens (tertiary/aromatic N) is 1. The molecule has 4 nitrogen and oxygen atoms in total. The predicted octanol–water partition coefficient (Wildman–Crippen LogP) is 0.526. The summed E-state index contributed by atoms with van der Waals surface area (Å²) in [6.45, 7) is 8.78. The number of ether oxygens (including phenoxy) is 1. The number of nitrogens with two attached hydrogens (primary N) is 1. The fourth-order valence-corrected chi connectivity index (χ4v) is 1.87. The van der Waals surface area contributed by atoms with Crippen molar-refractivity contribution in [2.75, 3.05) is 13.1 Å². The van der Waals surface area contributed by atoms with Crippen LogP contribution in [0.25, 0.3) is 0 Å². The van der Waals surface area contributed by atoms with E-state index in [-0.39, 0.29) is 18.1 Å². The molecule has 0 spiro atoms. The van der Waals surface area contributed by atoms with Gasteiger partial charge in [-0.3, -0.25) is 4.79 Å². The summed E-state index contributed by atoms with van der Waals surface area (Å²) in [5.74, 6) is -0.00287. The summed E-state index contributed by atoms with van der Waals surface area (Å²) in [4.78, 5) is 13.7. The molecule has 1 rings (SSSR count). The van der Waals surface area contributed by atoms with E-state index >= 15 is 0 Å². The van der Waals surface area contributed by atoms with Gasteiger partial charge in [-0.1, -0.05) is 6.08 Å². The number of hydrogen-bond donors (Lipinski definition) is 1. The Hall–Kier alpha value is -0.870. The number of morpholine rings is 1. The van der Waals surface area contributed by atoms with E-state index < -0.39 is 6.04 Å². The summed E-state index contributed by atoms with van der Waals surface area (Å²) in [7, 11) is 0. The van der Waals surface area contributed by atoms with Crippen LogP contribution in [0.1, 0.15) is 20.3 Å². The largest absolute Gasteiger partial charge is 0.372 e. The average molecular weight is 212 g/mol. The SMILES string of the molecule is C=CCC(N)C(=O)N1CC(C)OC(C)C1. The molecule has 15 heavy (non-hydrogen) atoms. The standard InChI is InChI=1S/C11H20N2O2/c1-4-5-10(12)11(14)13-6-8(2)15-9(3)7-13/h4,8-10H,1,5-7,12H2,2-3H3. The summed E-state index contributed by atoms with van der Waals surface area (Å²) >= 11 is 0. The molecule has 86 valence electrons. The second-order valence-electron chi connectivity index (χ2n) is 4.13. The zero-order chi connectivity index (χ0) is 11.4. The van der Waals surface area contributed by atoms with Crippen molar-refractivity contribution in [3.8, 4) is 0 Å². The van der Waals surface area contributed by atoms with Gasteiger partial charge in [0.25, 0.3) is 0 Å². The highest BCUT2D eigenvalue weighted by Gasteiger charge is 2.28. The van der Waals surface area contributed by atoms with Crippen molar-refractivity contribution in [1.29, 1.82) is 0 Å². The molecular weight excluding hydrogens is 192 g/mol. The van der Waals surface area contributed by atoms with Gasteiger partial charge in [-0.2, -0.15) is 0 Å². The Kier molecular flexibility index (Phi) is 4.29. The van der Waals surface area contributed by atoms with Crippen LogP contribution in [0, 0.1) is 0 Å². The number of carbonyl (C=O) groups is 1. The van der Waals surface area contributed by atoms with Crippen LogP contribution in [0.4, 0.5) is 0 Å². The second kappa shape index (κ2) is 5.28. The first-order valence-electron chi connectivity index (χ1n) is 5.35. The molecule has 0 aliphatic carbocycles. The quantitative estimate of drug-likeness (QED) is 0.694. The van der Waals surface area contributed by atoms with Gasteiger partial charge < -0.3 is 15.4 Å². The monoisotopic (exact) mass is 212 g/mol. The van der Waals surface area contributed by atoms with Crippen LogP contribution in [0.3, 0.4) is 0 Å². The Labute approximate surface area is 91.1 Å². The molecule has 3 atom stereocenters. The summed E-state index contributed by atoms with van der Waals surface area (Å²) in [6.07, 6.45) is 2.39. The number of carbonyl (C=O) groups excluding carboxylic acids is 1. The highest BCUT2D eigenvalue weighted by molar-refractivity contribution is 5.82. The maximum atomic E-state index is 11.9. The molecule has 0 radical (unpaired) electrons. The average Bonchev–Trinajstić information content (AvgIpc) is 2.15. The molecule has 1 heterocycles. The van der Waals surface area contributed by atoms with Gasteiger partial charge >= 0.3 is 0 Å². The highest BCUT2D eigenvalue weighted by Crippen LogP contribution is 2.12. The minimum atomic E-state index is -0.458. The van der Waals surface area contributed by atoms with Crippen LogP contribution in [-0.2, 0) is 9.53 Å². The lowest BCUT2D eigenvalue weighted by Gasteiger charge is -2.36. The maximum Gasteiger partial charge on any atom is 0.239 e. The molecule has 4 heteroatoms. The van der Waals surface area contributed by atoms with Gasteiger partial charge in [0, 0.05) is 13.1 Å². The van der Waals surface area contributed by atoms with Crippen molar-refractivity contribution >= 4 is 5.91 Å². The normalized spacial score (nSPS) is 28.6. The maximum absolute atomic E-state index is 11.9. The topological polar surface area (TPSA) is 55.6 Å². The smallest absolute Gasteiger partial charge is 0.239 e. The van der Waals surface area contributed by atoms with Gasteiger partial charge in [0.15, 0.2) is 0 Å². The lowest BCUT2D eigenvalue weighted by atomic mass is 10.1. The zero-order valence-corrected chi connectivity index (χ0v) is 9.48. The molecule has 0 aromatic carbocycles. The molecule has 1 saturated heterocycles. The summed E-state index contributed by atoms with van der Waals surface area (Å²) in [5.41, 5.74) is 5.75. The zero-order valence-electron chi connectivity index (χ0n) is 9.48. The van der Waals surface area contributed by atoms with E-state index in [1.807, 2.05) is 13.8 Å². The van der Waals surface area contributed by atoms with Crippen molar-refractivity contribution in [3.05, 3.63) is 12.7 Å². The van der Waals surface area contributed by atoms with Gasteiger partial charge in [0.1, 0.15) is 0 Å². The van der Waals surface area contributed by atoms with Crippen LogP contribution >= 0.6 is 0 Å². The van der Waals surface area contributed by atoms with E-state index in [1.54, 1.807) is 11.0 Å². The summed E-state index contributed by atoms with van der Waals surface area (Å²) in [6, 6.07) is -0.458. The van der Waals surface area contributed by atoms with Crippen LogP contribution in [0.5, 0.6) is 0 Å². The van der Waals surface area contributed by atoms with Gasteiger partial charge in [-0.05, 0) is 20.3 Å². The van der Waals surface area contributed by atoms with E-state index in [4.69, 9.17) is 10.5 Å². The molecule has 0 bridgehead atoms. The van der Waals surface area contributed by atoms with Crippen molar-refractivity contribution in [1.82, 2.24) is 4.90 Å². The molecular formula is C11H20N2O2. The Balaban J connectivity index is 2.54. The first-order valence-corrected chi connectivity index (χ1v) is 5.35. The third kappa shape index (κ3) is 3.32. The molecule has 2 N–H and O–H groups in total. The minimum absolute atomic E-state index is 0.00287. The van der Waals surface area contributed by atoms with Gasteiger partial charge in [-0.15, -0.1) is 6.58 Å². The number of amides is 1. The van der Waals surface area contributed by atoms with E-state index in [0.29, 0.717) is 19.5 Å². The number of hydrogen-bond acceptors (Lipinski definition) is 3. The van der Waals surface area contributed by atoms with Gasteiger partial charge in [-0.25, -0.2) is 0 Å². The molecule has 1 aliphatic rings. The van der Waals surface area contributed by atoms with Crippen LogP contribution in [0.2, 0.25) is 0 Å². The highest BCUT2D eigenvalue weighted by atomic mass is 16.5. The van der Waals surface area contributed by atoms with E-state index in [1.165, 1.54) is 0 Å². The molecule has 0 saturated carbocycles. The first-order chi connectivity index (χ1) is 7.04. The fraction of sp³-hybridized carbons (Fsp3) is 0.727. The van der Waals surface area contributed by atoms with E-state index in [0.717, 1.165) is 0 Å². The Morgan fingerprint density at radius 2 is 2.13 bits per heavy atom. The van der Waals surface area contributed by atoms with Crippen LogP contribution in [-0.4, -0.2) is 42.1 Å².